The molecule has 1 atom stereocenters. The molecular formula is C19H25N3S. The van der Waals surface area contributed by atoms with E-state index in [0.717, 1.165) is 23.6 Å². The predicted molar refractivity (Wildman–Crippen MR) is 103 cm³/mol. The van der Waals surface area contributed by atoms with Gasteiger partial charge in [-0.2, -0.15) is 0 Å². The van der Waals surface area contributed by atoms with E-state index in [1.807, 2.05) is 30.3 Å². The van der Waals surface area contributed by atoms with E-state index in [2.05, 4.69) is 60.8 Å². The highest BCUT2D eigenvalue weighted by molar-refractivity contribution is 8.02. The van der Waals surface area contributed by atoms with Crippen LogP contribution in [0.5, 0.6) is 0 Å². The Bertz CT molecular complexity index is 617. The Morgan fingerprint density at radius 3 is 2.83 bits per heavy atom. The van der Waals surface area contributed by atoms with Gasteiger partial charge in [-0.1, -0.05) is 42.0 Å². The van der Waals surface area contributed by atoms with Crippen molar-refractivity contribution in [1.29, 1.82) is 0 Å². The SMILES string of the molecule is C=N/C(=C\SCC1CNN(C)/C=C(/C)C=C1C)c1ccccc1. The summed E-state index contributed by atoms with van der Waals surface area (Å²) in [4.78, 5) is 4.16. The largest absolute Gasteiger partial charge is 0.318 e. The summed E-state index contributed by atoms with van der Waals surface area (Å²) in [5, 5.41) is 4.15. The molecule has 0 bridgehead atoms. The zero-order valence-electron chi connectivity index (χ0n) is 14.1. The molecule has 0 saturated carbocycles. The van der Waals surface area contributed by atoms with Gasteiger partial charge in [0.25, 0.3) is 0 Å². The first-order valence-corrected chi connectivity index (χ1v) is 8.82. The lowest BCUT2D eigenvalue weighted by molar-refractivity contribution is 0.306. The van der Waals surface area contributed by atoms with Crippen molar-refractivity contribution >= 4 is 24.2 Å². The molecule has 1 unspecified atom stereocenters. The maximum absolute atomic E-state index is 4.16. The summed E-state index contributed by atoms with van der Waals surface area (Å²) in [6, 6.07) is 10.2. The van der Waals surface area contributed by atoms with E-state index in [0.29, 0.717) is 5.92 Å². The van der Waals surface area contributed by atoms with E-state index in [-0.39, 0.29) is 0 Å². The molecule has 0 aromatic heterocycles. The van der Waals surface area contributed by atoms with Crippen molar-refractivity contribution in [2.45, 2.75) is 13.8 Å². The highest BCUT2D eigenvalue weighted by Gasteiger charge is 2.13. The number of nitrogens with zero attached hydrogens (tertiary/aromatic N) is 2. The van der Waals surface area contributed by atoms with Gasteiger partial charge in [0.2, 0.25) is 0 Å². The van der Waals surface area contributed by atoms with Gasteiger partial charge in [-0.25, -0.2) is 5.43 Å². The van der Waals surface area contributed by atoms with E-state index in [1.165, 1.54) is 11.1 Å². The molecule has 3 nitrogen and oxygen atoms in total. The minimum Gasteiger partial charge on any atom is -0.318 e. The van der Waals surface area contributed by atoms with Gasteiger partial charge in [0.05, 0.1) is 5.70 Å². The van der Waals surface area contributed by atoms with Crippen LogP contribution in [0.25, 0.3) is 5.70 Å². The lowest BCUT2D eigenvalue weighted by Gasteiger charge is -2.25. The maximum Gasteiger partial charge on any atom is 0.0757 e. The molecule has 0 amide bonds. The Morgan fingerprint density at radius 1 is 1.39 bits per heavy atom. The quantitative estimate of drug-likeness (QED) is 0.816. The van der Waals surface area contributed by atoms with Gasteiger partial charge in [0.1, 0.15) is 0 Å². The van der Waals surface area contributed by atoms with Crippen LogP contribution < -0.4 is 5.43 Å². The molecule has 2 rings (SSSR count). The minimum absolute atomic E-state index is 0.490. The Morgan fingerprint density at radius 2 is 2.13 bits per heavy atom. The second-order valence-corrected chi connectivity index (χ2v) is 6.69. The predicted octanol–water partition coefficient (Wildman–Crippen LogP) is 4.34. The molecule has 4 heteroatoms. The molecule has 1 aromatic carbocycles. The summed E-state index contributed by atoms with van der Waals surface area (Å²) in [6.45, 7) is 8.97. The van der Waals surface area contributed by atoms with Crippen molar-refractivity contribution in [2.24, 2.45) is 10.9 Å². The van der Waals surface area contributed by atoms with Gasteiger partial charge in [-0.05, 0) is 31.5 Å². The summed E-state index contributed by atoms with van der Waals surface area (Å²) in [7, 11) is 2.04. The molecule has 0 radical (unpaired) electrons. The number of nitrogens with one attached hydrogen (secondary N) is 1. The summed E-state index contributed by atoms with van der Waals surface area (Å²) >= 11 is 1.79. The summed E-state index contributed by atoms with van der Waals surface area (Å²) in [5.41, 5.74) is 8.14. The van der Waals surface area contributed by atoms with Gasteiger partial charge < -0.3 is 5.01 Å². The fraction of sp³-hybridized carbons (Fsp3) is 0.316. The lowest BCUT2D eigenvalue weighted by atomic mass is 10.00. The first kappa shape index (κ1) is 17.6. The van der Waals surface area contributed by atoms with Crippen LogP contribution in [0.4, 0.5) is 0 Å². The highest BCUT2D eigenvalue weighted by atomic mass is 32.2. The molecule has 1 aliphatic rings. The van der Waals surface area contributed by atoms with Crippen LogP contribution in [0.2, 0.25) is 0 Å². The molecule has 0 fully saturated rings. The molecule has 1 aromatic rings. The van der Waals surface area contributed by atoms with Crippen molar-refractivity contribution in [1.82, 2.24) is 10.4 Å². The topological polar surface area (TPSA) is 27.6 Å². The molecule has 0 aliphatic carbocycles. The Balaban J connectivity index is 2.03. The van der Waals surface area contributed by atoms with Crippen LogP contribution in [0, 0.1) is 5.92 Å². The van der Waals surface area contributed by atoms with Crippen molar-refractivity contribution in [3.63, 3.8) is 0 Å². The van der Waals surface area contributed by atoms with Gasteiger partial charge in [0, 0.05) is 37.0 Å². The minimum atomic E-state index is 0.490. The molecular weight excluding hydrogens is 302 g/mol. The van der Waals surface area contributed by atoms with Crippen LogP contribution >= 0.6 is 11.8 Å². The second-order valence-electron chi connectivity index (χ2n) is 5.79. The second kappa shape index (κ2) is 8.75. The Hall–Kier alpha value is -1.78. The van der Waals surface area contributed by atoms with E-state index in [4.69, 9.17) is 0 Å². The van der Waals surface area contributed by atoms with Crippen molar-refractivity contribution in [3.05, 3.63) is 64.7 Å². The van der Waals surface area contributed by atoms with E-state index < -0.39 is 0 Å². The van der Waals surface area contributed by atoms with E-state index in [1.54, 1.807) is 11.8 Å². The highest BCUT2D eigenvalue weighted by Crippen LogP contribution is 2.24. The Kier molecular flexibility index (Phi) is 6.68. The third-order valence-electron chi connectivity index (χ3n) is 3.82. The van der Waals surface area contributed by atoms with Crippen LogP contribution in [-0.2, 0) is 0 Å². The fourth-order valence-electron chi connectivity index (χ4n) is 2.52. The molecule has 0 spiro atoms. The number of hydrazine groups is 1. The number of hydrogen-bond donors (Lipinski definition) is 1. The Labute approximate surface area is 143 Å². The summed E-state index contributed by atoms with van der Waals surface area (Å²) in [6.07, 6.45) is 4.39. The molecule has 1 N–H and O–H groups in total. The van der Waals surface area contributed by atoms with E-state index >= 15 is 0 Å². The van der Waals surface area contributed by atoms with Gasteiger partial charge in [-0.3, -0.25) is 4.99 Å². The van der Waals surface area contributed by atoms with Gasteiger partial charge in [-0.15, -0.1) is 11.8 Å². The van der Waals surface area contributed by atoms with Gasteiger partial charge >= 0.3 is 0 Å². The average molecular weight is 327 g/mol. The molecule has 23 heavy (non-hydrogen) atoms. The third-order valence-corrected chi connectivity index (χ3v) is 4.80. The standard InChI is InChI=1S/C19H25N3S/c1-15-10-16(2)18(11-21-22(4)12-15)13-23-14-19(20-3)17-8-6-5-7-9-17/h5-10,12,14,18,21H,3,11,13H2,1-2,4H3/b15-12-,16-10?,19-14-. The van der Waals surface area contributed by atoms with Crippen molar-refractivity contribution < 1.29 is 0 Å². The molecule has 122 valence electrons. The maximum atomic E-state index is 4.16. The number of rotatable bonds is 5. The lowest BCUT2D eigenvalue weighted by Crippen LogP contribution is -2.36. The van der Waals surface area contributed by atoms with Crippen LogP contribution in [0.1, 0.15) is 19.4 Å². The first-order valence-electron chi connectivity index (χ1n) is 7.77. The molecule has 1 heterocycles. The first-order chi connectivity index (χ1) is 11.1. The molecule has 0 saturated heterocycles. The van der Waals surface area contributed by atoms with Crippen LogP contribution in [0.3, 0.4) is 0 Å². The number of aliphatic imine (C=N–C) groups is 1. The van der Waals surface area contributed by atoms with Crippen LogP contribution in [0.15, 0.2) is 64.2 Å². The average Bonchev–Trinajstić information content (AvgIpc) is 2.53. The smallest absolute Gasteiger partial charge is 0.0757 e. The summed E-state index contributed by atoms with van der Waals surface area (Å²) in [5.74, 6) is 1.51. The fourth-order valence-corrected chi connectivity index (χ4v) is 3.60. The number of benzene rings is 1. The number of hydrogen-bond acceptors (Lipinski definition) is 4. The van der Waals surface area contributed by atoms with Crippen LogP contribution in [-0.4, -0.2) is 31.1 Å². The van der Waals surface area contributed by atoms with Crippen molar-refractivity contribution in [2.75, 3.05) is 19.3 Å². The third kappa shape index (κ3) is 5.41. The number of thioether (sulfide) groups is 1. The monoisotopic (exact) mass is 327 g/mol. The van der Waals surface area contributed by atoms with Gasteiger partial charge in [0.15, 0.2) is 0 Å². The zero-order valence-corrected chi connectivity index (χ0v) is 14.9. The normalized spacial score (nSPS) is 21.8. The van der Waals surface area contributed by atoms with Crippen molar-refractivity contribution in [3.8, 4) is 0 Å². The summed E-state index contributed by atoms with van der Waals surface area (Å²) < 4.78 is 0. The zero-order chi connectivity index (χ0) is 16.7. The molecule has 1 aliphatic heterocycles. The van der Waals surface area contributed by atoms with E-state index in [9.17, 15) is 0 Å². The number of allylic oxidation sites excluding steroid dienone is 2.